The Morgan fingerprint density at radius 3 is 2.71 bits per heavy atom. The lowest BCUT2D eigenvalue weighted by atomic mass is 10.3. The Kier molecular flexibility index (Phi) is 7.19. The number of nitrogens with one attached hydrogen (secondary N) is 2. The van der Waals surface area contributed by atoms with Gasteiger partial charge in [0.2, 0.25) is 11.8 Å². The van der Waals surface area contributed by atoms with Crippen LogP contribution in [0.5, 0.6) is 0 Å². The number of carbonyl (C=O) groups is 2. The van der Waals surface area contributed by atoms with Crippen molar-refractivity contribution >= 4 is 11.8 Å². The van der Waals surface area contributed by atoms with E-state index in [1.165, 1.54) is 0 Å². The van der Waals surface area contributed by atoms with E-state index in [0.717, 1.165) is 0 Å². The second kappa shape index (κ2) is 8.08. The van der Waals surface area contributed by atoms with E-state index in [2.05, 4.69) is 16.6 Å². The molecule has 0 radical (unpaired) electrons. The van der Waals surface area contributed by atoms with E-state index in [4.69, 9.17) is 12.2 Å². The van der Waals surface area contributed by atoms with E-state index in [9.17, 15) is 9.59 Å². The third kappa shape index (κ3) is 8.56. The first-order valence-corrected chi connectivity index (χ1v) is 4.36. The highest BCUT2D eigenvalue weighted by Crippen LogP contribution is 1.83. The molecular weight excluding hydrogens is 182 g/mol. The Bertz CT molecular complexity index is 233. The zero-order valence-corrected chi connectivity index (χ0v) is 8.01. The Hall–Kier alpha value is -1.54. The zero-order valence-electron chi connectivity index (χ0n) is 8.01. The molecule has 0 saturated carbocycles. The highest BCUT2D eigenvalue weighted by Gasteiger charge is 1.99. The fraction of sp³-hybridized carbons (Fsp3) is 0.556. The molecule has 14 heavy (non-hydrogen) atoms. The first-order chi connectivity index (χ1) is 6.66. The molecule has 5 nitrogen and oxygen atoms in total. The molecule has 0 rings (SSSR count). The number of hydrogen-bond acceptors (Lipinski definition) is 3. The van der Waals surface area contributed by atoms with E-state index >= 15 is 0 Å². The topological polar surface area (TPSA) is 84.2 Å². The van der Waals surface area contributed by atoms with Gasteiger partial charge in [0.15, 0.2) is 0 Å². The summed E-state index contributed by atoms with van der Waals surface area (Å²) in [6, 6.07) is 0. The van der Waals surface area contributed by atoms with Crippen molar-refractivity contribution in [3.8, 4) is 12.3 Å². The average molecular weight is 197 g/mol. The summed E-state index contributed by atoms with van der Waals surface area (Å²) in [4.78, 5) is 21.3. The van der Waals surface area contributed by atoms with Crippen LogP contribution in [0.1, 0.15) is 12.8 Å². The van der Waals surface area contributed by atoms with Crippen LogP contribution in [0.4, 0.5) is 0 Å². The monoisotopic (exact) mass is 197 g/mol. The predicted octanol–water partition coefficient (Wildman–Crippen LogP) is -1.41. The highest BCUT2D eigenvalue weighted by atomic mass is 16.2. The van der Waals surface area contributed by atoms with Crippen molar-refractivity contribution in [2.24, 2.45) is 5.73 Å². The molecule has 0 aliphatic rings. The highest BCUT2D eigenvalue weighted by molar-refractivity contribution is 5.78. The molecule has 4 N–H and O–H groups in total. The SMILES string of the molecule is C#CCNCC(=O)NCCCC(N)=O. The lowest BCUT2D eigenvalue weighted by Crippen LogP contribution is -2.34. The molecule has 0 aromatic rings. The van der Waals surface area contributed by atoms with Crippen LogP contribution in [0.3, 0.4) is 0 Å². The average Bonchev–Trinajstić information content (AvgIpc) is 2.13. The van der Waals surface area contributed by atoms with Crippen molar-refractivity contribution in [2.75, 3.05) is 19.6 Å². The van der Waals surface area contributed by atoms with Gasteiger partial charge in [0.05, 0.1) is 13.1 Å². The molecule has 0 fully saturated rings. The summed E-state index contributed by atoms with van der Waals surface area (Å²) in [7, 11) is 0. The van der Waals surface area contributed by atoms with Gasteiger partial charge in [-0.25, -0.2) is 0 Å². The van der Waals surface area contributed by atoms with Crippen LogP contribution in [-0.2, 0) is 9.59 Å². The zero-order chi connectivity index (χ0) is 10.8. The molecule has 5 heteroatoms. The normalized spacial score (nSPS) is 9.07. The number of terminal acetylenes is 1. The molecule has 0 atom stereocenters. The Labute approximate surface area is 83.4 Å². The quantitative estimate of drug-likeness (QED) is 0.346. The molecule has 0 spiro atoms. The smallest absolute Gasteiger partial charge is 0.233 e. The second-order valence-electron chi connectivity index (χ2n) is 2.73. The summed E-state index contributed by atoms with van der Waals surface area (Å²) in [6.07, 6.45) is 5.83. The van der Waals surface area contributed by atoms with Crippen molar-refractivity contribution in [1.82, 2.24) is 10.6 Å². The third-order valence-electron chi connectivity index (χ3n) is 1.43. The van der Waals surface area contributed by atoms with Gasteiger partial charge in [-0.2, -0.15) is 0 Å². The van der Waals surface area contributed by atoms with Crippen LogP contribution < -0.4 is 16.4 Å². The Morgan fingerprint density at radius 1 is 1.43 bits per heavy atom. The molecule has 0 unspecified atom stereocenters. The molecule has 0 aromatic heterocycles. The summed E-state index contributed by atoms with van der Waals surface area (Å²) in [5.74, 6) is 1.86. The first kappa shape index (κ1) is 12.5. The maximum atomic E-state index is 11.0. The van der Waals surface area contributed by atoms with Gasteiger partial charge < -0.3 is 11.1 Å². The van der Waals surface area contributed by atoms with Gasteiger partial charge in [-0.1, -0.05) is 5.92 Å². The van der Waals surface area contributed by atoms with Crippen molar-refractivity contribution in [3.63, 3.8) is 0 Å². The van der Waals surface area contributed by atoms with Crippen molar-refractivity contribution < 1.29 is 9.59 Å². The van der Waals surface area contributed by atoms with Gasteiger partial charge in [-0.15, -0.1) is 6.42 Å². The summed E-state index contributed by atoms with van der Waals surface area (Å²) in [5, 5.41) is 5.36. The number of rotatable bonds is 7. The third-order valence-corrected chi connectivity index (χ3v) is 1.43. The van der Waals surface area contributed by atoms with Crippen LogP contribution in [-0.4, -0.2) is 31.4 Å². The fourth-order valence-corrected chi connectivity index (χ4v) is 0.801. The molecule has 0 aromatic carbocycles. The number of hydrogen-bond donors (Lipinski definition) is 3. The molecule has 0 aliphatic heterocycles. The maximum Gasteiger partial charge on any atom is 0.233 e. The lowest BCUT2D eigenvalue weighted by molar-refractivity contribution is -0.121. The van der Waals surface area contributed by atoms with Crippen LogP contribution in [0.25, 0.3) is 0 Å². The Morgan fingerprint density at radius 2 is 2.14 bits per heavy atom. The van der Waals surface area contributed by atoms with Gasteiger partial charge in [0, 0.05) is 13.0 Å². The lowest BCUT2D eigenvalue weighted by Gasteiger charge is -2.03. The summed E-state index contributed by atoms with van der Waals surface area (Å²) < 4.78 is 0. The molecule has 0 aliphatic carbocycles. The largest absolute Gasteiger partial charge is 0.370 e. The summed E-state index contributed by atoms with van der Waals surface area (Å²) in [6.45, 7) is 1.02. The Balaban J connectivity index is 3.28. The number of amides is 2. The van der Waals surface area contributed by atoms with Gasteiger partial charge in [-0.05, 0) is 6.42 Å². The summed E-state index contributed by atoms with van der Waals surface area (Å²) >= 11 is 0. The van der Waals surface area contributed by atoms with E-state index in [0.29, 0.717) is 19.5 Å². The molecule has 0 heterocycles. The van der Waals surface area contributed by atoms with E-state index in [1.807, 2.05) is 0 Å². The minimum atomic E-state index is -0.357. The minimum Gasteiger partial charge on any atom is -0.370 e. The number of carbonyl (C=O) groups excluding carboxylic acids is 2. The van der Waals surface area contributed by atoms with E-state index in [1.54, 1.807) is 0 Å². The van der Waals surface area contributed by atoms with Gasteiger partial charge >= 0.3 is 0 Å². The molecule has 2 amide bonds. The van der Waals surface area contributed by atoms with Crippen LogP contribution in [0.15, 0.2) is 0 Å². The molecule has 0 saturated heterocycles. The number of nitrogens with two attached hydrogens (primary N) is 1. The van der Waals surface area contributed by atoms with Crippen LogP contribution in [0, 0.1) is 12.3 Å². The maximum absolute atomic E-state index is 11.0. The van der Waals surface area contributed by atoms with Gasteiger partial charge in [0.25, 0.3) is 0 Å². The van der Waals surface area contributed by atoms with E-state index < -0.39 is 0 Å². The first-order valence-electron chi connectivity index (χ1n) is 4.36. The standard InChI is InChI=1S/C9H15N3O2/c1-2-5-11-7-9(14)12-6-3-4-8(10)13/h1,11H,3-7H2,(H2,10,13)(H,12,14). The minimum absolute atomic E-state index is 0.135. The molecule has 78 valence electrons. The van der Waals surface area contributed by atoms with E-state index in [-0.39, 0.29) is 24.8 Å². The van der Waals surface area contributed by atoms with Crippen molar-refractivity contribution in [3.05, 3.63) is 0 Å². The van der Waals surface area contributed by atoms with Gasteiger partial charge in [-0.3, -0.25) is 14.9 Å². The number of primary amides is 1. The van der Waals surface area contributed by atoms with Crippen LogP contribution >= 0.6 is 0 Å². The predicted molar refractivity (Wildman–Crippen MR) is 53.1 cm³/mol. The van der Waals surface area contributed by atoms with Crippen LogP contribution in [0.2, 0.25) is 0 Å². The van der Waals surface area contributed by atoms with Gasteiger partial charge in [0.1, 0.15) is 0 Å². The van der Waals surface area contributed by atoms with Crippen molar-refractivity contribution in [2.45, 2.75) is 12.8 Å². The molecule has 0 bridgehead atoms. The van der Waals surface area contributed by atoms with Crippen molar-refractivity contribution in [1.29, 1.82) is 0 Å². The summed E-state index contributed by atoms with van der Waals surface area (Å²) in [5.41, 5.74) is 4.92. The molecular formula is C9H15N3O2. The second-order valence-corrected chi connectivity index (χ2v) is 2.73. The fourth-order valence-electron chi connectivity index (χ4n) is 0.801.